The predicted molar refractivity (Wildman–Crippen MR) is 45.5 cm³/mol. The van der Waals surface area contributed by atoms with Gasteiger partial charge >= 0.3 is 5.97 Å². The molecule has 0 aliphatic carbocycles. The van der Waals surface area contributed by atoms with Gasteiger partial charge in [-0.15, -0.1) is 0 Å². The largest absolute Gasteiger partial charge is 0.507 e. The topological polar surface area (TPSA) is 92.8 Å². The Balaban J connectivity index is 3.23. The number of benzene rings is 1. The second kappa shape index (κ2) is 3.22. The van der Waals surface area contributed by atoms with Gasteiger partial charge in [-0.25, -0.2) is 4.79 Å². The van der Waals surface area contributed by atoms with Crippen molar-refractivity contribution in [1.82, 2.24) is 0 Å². The number of carbonyl (C=O) groups is 1. The first-order valence-corrected chi connectivity index (χ1v) is 3.46. The number of nitrogens with two attached hydrogens (primary N) is 1. The molecule has 1 rings (SSSR count). The molecule has 0 heterocycles. The zero-order valence-corrected chi connectivity index (χ0v) is 6.94. The summed E-state index contributed by atoms with van der Waals surface area (Å²) < 4.78 is 4.38. The number of aromatic hydroxyl groups is 2. The average molecular weight is 183 g/mol. The van der Waals surface area contributed by atoms with Gasteiger partial charge in [0.25, 0.3) is 0 Å². The SMILES string of the molecule is COC(=O)c1cc(N)c(O)cc1O. The number of carbonyl (C=O) groups excluding carboxylic acids is 1. The number of phenols is 2. The highest BCUT2D eigenvalue weighted by Crippen LogP contribution is 2.29. The van der Waals surface area contributed by atoms with Gasteiger partial charge in [-0.1, -0.05) is 0 Å². The molecular weight excluding hydrogens is 174 g/mol. The van der Waals surface area contributed by atoms with Crippen LogP contribution in [0, 0.1) is 0 Å². The number of phenolic OH excluding ortho intramolecular Hbond substituents is 2. The second-order valence-electron chi connectivity index (χ2n) is 2.42. The quantitative estimate of drug-likeness (QED) is 0.254. The lowest BCUT2D eigenvalue weighted by Crippen LogP contribution is -2.02. The minimum absolute atomic E-state index is 0.0122. The first-order chi connectivity index (χ1) is 6.06. The van der Waals surface area contributed by atoms with E-state index in [1.807, 2.05) is 0 Å². The highest BCUT2D eigenvalue weighted by atomic mass is 16.5. The van der Waals surface area contributed by atoms with Crippen LogP contribution >= 0.6 is 0 Å². The van der Waals surface area contributed by atoms with Gasteiger partial charge in [0.15, 0.2) is 0 Å². The fraction of sp³-hybridized carbons (Fsp3) is 0.125. The maximum absolute atomic E-state index is 11.0. The average Bonchev–Trinajstić information content (AvgIpc) is 2.10. The van der Waals surface area contributed by atoms with Crippen molar-refractivity contribution in [3.63, 3.8) is 0 Å². The monoisotopic (exact) mass is 183 g/mol. The predicted octanol–water partition coefficient (Wildman–Crippen LogP) is 0.467. The van der Waals surface area contributed by atoms with E-state index in [0.29, 0.717) is 0 Å². The van der Waals surface area contributed by atoms with E-state index in [1.54, 1.807) is 0 Å². The Labute approximate surface area is 74.4 Å². The van der Waals surface area contributed by atoms with Crippen LogP contribution < -0.4 is 5.73 Å². The number of ether oxygens (including phenoxy) is 1. The second-order valence-corrected chi connectivity index (χ2v) is 2.42. The summed E-state index contributed by atoms with van der Waals surface area (Å²) in [5.74, 6) is -1.34. The molecule has 4 N–H and O–H groups in total. The molecule has 0 spiro atoms. The van der Waals surface area contributed by atoms with Crippen LogP contribution in [0.3, 0.4) is 0 Å². The number of methoxy groups -OCH3 is 1. The van der Waals surface area contributed by atoms with Crippen LogP contribution in [0.5, 0.6) is 11.5 Å². The van der Waals surface area contributed by atoms with E-state index in [2.05, 4.69) is 4.74 Å². The minimum Gasteiger partial charge on any atom is -0.507 e. The molecule has 0 radical (unpaired) electrons. The molecular formula is C8H9NO4. The van der Waals surface area contributed by atoms with E-state index in [1.165, 1.54) is 7.11 Å². The number of esters is 1. The molecule has 0 aliphatic heterocycles. The standard InChI is InChI=1S/C8H9NO4/c1-13-8(12)4-2-5(9)7(11)3-6(4)10/h2-3,10-11H,9H2,1H3. The van der Waals surface area contributed by atoms with Gasteiger partial charge in [0.1, 0.15) is 17.1 Å². The molecule has 5 nitrogen and oxygen atoms in total. The van der Waals surface area contributed by atoms with Gasteiger partial charge in [0, 0.05) is 6.07 Å². The van der Waals surface area contributed by atoms with E-state index in [4.69, 9.17) is 10.8 Å². The van der Waals surface area contributed by atoms with Crippen molar-refractivity contribution in [1.29, 1.82) is 0 Å². The first kappa shape index (κ1) is 9.18. The van der Waals surface area contributed by atoms with Crippen LogP contribution in [-0.4, -0.2) is 23.3 Å². The van der Waals surface area contributed by atoms with Crippen molar-refractivity contribution in [3.05, 3.63) is 17.7 Å². The van der Waals surface area contributed by atoms with Gasteiger partial charge in [0.05, 0.1) is 12.8 Å². The van der Waals surface area contributed by atoms with Crippen molar-refractivity contribution >= 4 is 11.7 Å². The fourth-order valence-electron chi connectivity index (χ4n) is 0.867. The van der Waals surface area contributed by atoms with E-state index in [9.17, 15) is 9.90 Å². The third-order valence-corrected chi connectivity index (χ3v) is 1.55. The molecule has 13 heavy (non-hydrogen) atoms. The molecule has 0 aliphatic rings. The van der Waals surface area contributed by atoms with Crippen LogP contribution in [0.15, 0.2) is 12.1 Å². The van der Waals surface area contributed by atoms with Crippen molar-refractivity contribution in [3.8, 4) is 11.5 Å². The molecule has 1 aromatic rings. The third-order valence-electron chi connectivity index (χ3n) is 1.55. The Morgan fingerprint density at radius 2 is 2.00 bits per heavy atom. The van der Waals surface area contributed by atoms with Crippen LogP contribution in [0.1, 0.15) is 10.4 Å². The summed E-state index contributed by atoms with van der Waals surface area (Å²) in [5.41, 5.74) is 5.25. The molecule has 0 atom stereocenters. The Kier molecular flexibility index (Phi) is 2.27. The van der Waals surface area contributed by atoms with Crippen molar-refractivity contribution in [2.24, 2.45) is 0 Å². The summed E-state index contributed by atoms with van der Waals surface area (Å²) >= 11 is 0. The Morgan fingerprint density at radius 3 is 2.54 bits per heavy atom. The van der Waals surface area contributed by atoms with Gasteiger partial charge in [-0.3, -0.25) is 0 Å². The summed E-state index contributed by atoms with van der Waals surface area (Å²) in [6.45, 7) is 0. The lowest BCUT2D eigenvalue weighted by Gasteiger charge is -2.04. The van der Waals surface area contributed by atoms with E-state index in [-0.39, 0.29) is 22.7 Å². The van der Waals surface area contributed by atoms with Crippen LogP contribution in [0.25, 0.3) is 0 Å². The number of hydrogen-bond acceptors (Lipinski definition) is 5. The maximum Gasteiger partial charge on any atom is 0.341 e. The van der Waals surface area contributed by atoms with Gasteiger partial charge < -0.3 is 20.7 Å². The summed E-state index contributed by atoms with van der Waals surface area (Å²) in [6, 6.07) is 2.14. The minimum atomic E-state index is -0.704. The van der Waals surface area contributed by atoms with Crippen LogP contribution in [0.4, 0.5) is 5.69 Å². The van der Waals surface area contributed by atoms with Crippen LogP contribution in [0.2, 0.25) is 0 Å². The zero-order valence-electron chi connectivity index (χ0n) is 6.94. The highest BCUT2D eigenvalue weighted by Gasteiger charge is 2.13. The van der Waals surface area contributed by atoms with Crippen LogP contribution in [-0.2, 0) is 4.74 Å². The number of anilines is 1. The smallest absolute Gasteiger partial charge is 0.341 e. The molecule has 1 aromatic carbocycles. The Morgan fingerprint density at radius 1 is 1.38 bits per heavy atom. The zero-order chi connectivity index (χ0) is 10.0. The molecule has 0 amide bonds. The lowest BCUT2D eigenvalue weighted by molar-refractivity contribution is 0.0597. The van der Waals surface area contributed by atoms with E-state index < -0.39 is 5.97 Å². The lowest BCUT2D eigenvalue weighted by atomic mass is 10.1. The van der Waals surface area contributed by atoms with Gasteiger partial charge in [0.2, 0.25) is 0 Å². The summed E-state index contributed by atoms with van der Waals surface area (Å²) in [5, 5.41) is 18.2. The molecule has 0 aromatic heterocycles. The summed E-state index contributed by atoms with van der Waals surface area (Å²) in [4.78, 5) is 11.0. The normalized spacial score (nSPS) is 9.62. The fourth-order valence-corrected chi connectivity index (χ4v) is 0.867. The molecule has 0 fully saturated rings. The number of rotatable bonds is 1. The molecule has 5 heteroatoms. The van der Waals surface area contributed by atoms with E-state index in [0.717, 1.165) is 12.1 Å². The molecule has 70 valence electrons. The van der Waals surface area contributed by atoms with Crippen molar-refractivity contribution in [2.45, 2.75) is 0 Å². The van der Waals surface area contributed by atoms with Gasteiger partial charge in [-0.05, 0) is 6.07 Å². The highest BCUT2D eigenvalue weighted by molar-refractivity contribution is 5.94. The molecule has 0 bridgehead atoms. The first-order valence-electron chi connectivity index (χ1n) is 3.46. The number of nitrogen functional groups attached to an aromatic ring is 1. The maximum atomic E-state index is 11.0. The van der Waals surface area contributed by atoms with Crippen molar-refractivity contribution < 1.29 is 19.7 Å². The van der Waals surface area contributed by atoms with E-state index >= 15 is 0 Å². The van der Waals surface area contributed by atoms with Gasteiger partial charge in [-0.2, -0.15) is 0 Å². The Bertz CT molecular complexity index is 348. The van der Waals surface area contributed by atoms with Crippen molar-refractivity contribution in [2.75, 3.05) is 12.8 Å². The molecule has 0 saturated heterocycles. The molecule has 0 unspecified atom stereocenters. The Hall–Kier alpha value is -1.91. The molecule has 0 saturated carbocycles. The summed E-state index contributed by atoms with van der Waals surface area (Å²) in [6.07, 6.45) is 0. The number of hydrogen-bond donors (Lipinski definition) is 3. The summed E-state index contributed by atoms with van der Waals surface area (Å²) in [7, 11) is 1.19. The third kappa shape index (κ3) is 1.64.